The molecule has 0 radical (unpaired) electrons. The van der Waals surface area contributed by atoms with E-state index in [1.807, 2.05) is 39.1 Å². The van der Waals surface area contributed by atoms with E-state index in [1.54, 1.807) is 34.8 Å². The van der Waals surface area contributed by atoms with Crippen molar-refractivity contribution in [3.05, 3.63) is 45.8 Å². The molecule has 3 rings (SSSR count). The fraction of sp³-hybridized carbons (Fsp3) is 0.364. The molecule has 2 heterocycles. The molecular weight excluding hydrogens is 420 g/mol. The minimum atomic E-state index is -0.203. The van der Waals surface area contributed by atoms with Crippen molar-refractivity contribution >= 4 is 28.6 Å². The topological polar surface area (TPSA) is 69.7 Å². The number of benzene rings is 1. The van der Waals surface area contributed by atoms with Gasteiger partial charge in [0.15, 0.2) is 11.5 Å². The second kappa shape index (κ2) is 10.4. The number of rotatable bonds is 10. The molecule has 160 valence electrons. The summed E-state index contributed by atoms with van der Waals surface area (Å²) in [5.74, 6) is 1.33. The Morgan fingerprint density at radius 3 is 2.30 bits per heavy atom. The Balaban J connectivity index is 1.79. The molecule has 0 unspecified atom stereocenters. The number of nitrogens with one attached hydrogen (secondary N) is 1. The molecule has 2 aromatic heterocycles. The highest BCUT2D eigenvalue weighted by Gasteiger charge is 2.19. The van der Waals surface area contributed by atoms with E-state index < -0.39 is 0 Å². The Kier molecular flexibility index (Phi) is 7.70. The first-order valence-corrected chi connectivity index (χ1v) is 11.6. The summed E-state index contributed by atoms with van der Waals surface area (Å²) in [6, 6.07) is 7.46. The van der Waals surface area contributed by atoms with E-state index in [1.165, 1.54) is 0 Å². The van der Waals surface area contributed by atoms with Crippen molar-refractivity contribution in [1.29, 1.82) is 0 Å². The third-order valence-corrected chi connectivity index (χ3v) is 6.40. The van der Waals surface area contributed by atoms with Gasteiger partial charge in [0, 0.05) is 10.4 Å². The molecule has 0 saturated heterocycles. The number of ether oxygens (including phenoxy) is 3. The number of carbonyl (C=O) groups is 1. The molecule has 0 aliphatic heterocycles. The van der Waals surface area contributed by atoms with E-state index in [2.05, 4.69) is 16.4 Å². The summed E-state index contributed by atoms with van der Waals surface area (Å²) in [4.78, 5) is 19.7. The number of carbonyl (C=O) groups excluding carboxylic acids is 1. The molecular formula is C22H26N2O4S2. The van der Waals surface area contributed by atoms with E-state index in [0.29, 0.717) is 49.2 Å². The van der Waals surface area contributed by atoms with Crippen LogP contribution in [0.1, 0.15) is 41.7 Å². The number of thiophene rings is 1. The number of aromatic nitrogens is 1. The number of nitrogens with zero attached hydrogens (tertiary/aromatic N) is 1. The number of thiazole rings is 1. The Labute approximate surface area is 184 Å². The van der Waals surface area contributed by atoms with E-state index in [4.69, 9.17) is 14.2 Å². The predicted molar refractivity (Wildman–Crippen MR) is 121 cm³/mol. The van der Waals surface area contributed by atoms with Crippen molar-refractivity contribution in [1.82, 2.24) is 10.3 Å². The number of aryl methyl sites for hydroxylation is 1. The summed E-state index contributed by atoms with van der Waals surface area (Å²) in [7, 11) is 0. The average molecular weight is 447 g/mol. The lowest BCUT2D eigenvalue weighted by molar-refractivity contribution is 0.0950. The fourth-order valence-electron chi connectivity index (χ4n) is 2.88. The van der Waals surface area contributed by atoms with Gasteiger partial charge in [-0.3, -0.25) is 4.79 Å². The maximum atomic E-state index is 12.9. The number of amides is 1. The Morgan fingerprint density at radius 1 is 1.07 bits per heavy atom. The van der Waals surface area contributed by atoms with Gasteiger partial charge in [0.2, 0.25) is 5.75 Å². The maximum Gasteiger partial charge on any atom is 0.251 e. The third kappa shape index (κ3) is 5.12. The normalized spacial score (nSPS) is 10.7. The molecule has 0 spiro atoms. The molecule has 1 amide bonds. The van der Waals surface area contributed by atoms with Gasteiger partial charge in [-0.15, -0.1) is 22.7 Å². The smallest absolute Gasteiger partial charge is 0.251 e. The lowest BCUT2D eigenvalue weighted by atomic mass is 10.1. The Hall–Kier alpha value is -2.58. The molecule has 8 heteroatoms. The van der Waals surface area contributed by atoms with Crippen molar-refractivity contribution in [2.75, 3.05) is 19.8 Å². The van der Waals surface area contributed by atoms with E-state index in [9.17, 15) is 4.79 Å². The lowest BCUT2D eigenvalue weighted by Crippen LogP contribution is -2.23. The van der Waals surface area contributed by atoms with Crippen LogP contribution in [-0.2, 0) is 6.54 Å². The van der Waals surface area contributed by atoms with Gasteiger partial charge in [-0.05, 0) is 51.3 Å². The first kappa shape index (κ1) is 22.1. The molecule has 0 aliphatic carbocycles. The van der Waals surface area contributed by atoms with Gasteiger partial charge in [0.25, 0.3) is 5.91 Å². The second-order valence-corrected chi connectivity index (χ2v) is 8.32. The summed E-state index contributed by atoms with van der Waals surface area (Å²) in [5, 5.41) is 6.00. The van der Waals surface area contributed by atoms with Crippen LogP contribution in [0.2, 0.25) is 0 Å². The summed E-state index contributed by atoms with van der Waals surface area (Å²) in [5.41, 5.74) is 1.39. The Bertz CT molecular complexity index is 956. The zero-order valence-electron chi connectivity index (χ0n) is 17.6. The SMILES string of the molecule is CCOc1cc(C(=O)NCc2sc(-c3cccs3)nc2C)cc(OCC)c1OCC. The summed E-state index contributed by atoms with van der Waals surface area (Å²) in [6.45, 7) is 9.45. The van der Waals surface area contributed by atoms with Crippen LogP contribution >= 0.6 is 22.7 Å². The predicted octanol–water partition coefficient (Wildman–Crippen LogP) is 5.31. The zero-order valence-corrected chi connectivity index (χ0v) is 19.2. The molecule has 30 heavy (non-hydrogen) atoms. The minimum absolute atomic E-state index is 0.203. The largest absolute Gasteiger partial charge is 0.490 e. The summed E-state index contributed by atoms with van der Waals surface area (Å²) >= 11 is 3.26. The molecule has 0 atom stereocenters. The van der Waals surface area contributed by atoms with Crippen LogP contribution in [0.5, 0.6) is 17.2 Å². The fourth-order valence-corrected chi connectivity index (χ4v) is 4.68. The first-order chi connectivity index (χ1) is 14.6. The maximum absolute atomic E-state index is 12.9. The molecule has 1 N–H and O–H groups in total. The van der Waals surface area contributed by atoms with Crippen LogP contribution in [0.25, 0.3) is 9.88 Å². The monoisotopic (exact) mass is 446 g/mol. The van der Waals surface area contributed by atoms with Crippen molar-refractivity contribution in [2.45, 2.75) is 34.2 Å². The zero-order chi connectivity index (χ0) is 21.5. The highest BCUT2D eigenvalue weighted by atomic mass is 32.1. The van der Waals surface area contributed by atoms with E-state index in [-0.39, 0.29) is 5.91 Å². The van der Waals surface area contributed by atoms with Crippen LogP contribution in [-0.4, -0.2) is 30.7 Å². The van der Waals surface area contributed by atoms with Crippen molar-refractivity contribution < 1.29 is 19.0 Å². The standard InChI is InChI=1S/C22H26N2O4S2/c1-5-26-16-11-15(12-17(27-6-2)20(16)28-7-3)21(25)23-13-19-14(4)24-22(30-19)18-9-8-10-29-18/h8-12H,5-7,13H2,1-4H3,(H,23,25). The average Bonchev–Trinajstić information content (AvgIpc) is 3.38. The van der Waals surface area contributed by atoms with Crippen LogP contribution in [0.3, 0.4) is 0 Å². The van der Waals surface area contributed by atoms with Gasteiger partial charge in [0.05, 0.1) is 36.9 Å². The van der Waals surface area contributed by atoms with Crippen molar-refractivity contribution in [3.63, 3.8) is 0 Å². The molecule has 3 aromatic rings. The third-order valence-electron chi connectivity index (χ3n) is 4.21. The molecule has 0 bridgehead atoms. The summed E-state index contributed by atoms with van der Waals surface area (Å²) < 4.78 is 17.1. The van der Waals surface area contributed by atoms with Gasteiger partial charge in [-0.25, -0.2) is 4.98 Å². The van der Waals surface area contributed by atoms with Gasteiger partial charge in [-0.1, -0.05) is 6.07 Å². The summed E-state index contributed by atoms with van der Waals surface area (Å²) in [6.07, 6.45) is 0. The molecule has 0 fully saturated rings. The van der Waals surface area contributed by atoms with Gasteiger partial charge >= 0.3 is 0 Å². The minimum Gasteiger partial charge on any atom is -0.490 e. The molecule has 0 saturated carbocycles. The molecule has 0 aliphatic rings. The Morgan fingerprint density at radius 2 is 1.73 bits per heavy atom. The van der Waals surface area contributed by atoms with Crippen molar-refractivity contribution in [3.8, 4) is 27.1 Å². The van der Waals surface area contributed by atoms with Crippen LogP contribution in [0.4, 0.5) is 0 Å². The van der Waals surface area contributed by atoms with Crippen LogP contribution in [0.15, 0.2) is 29.6 Å². The number of hydrogen-bond donors (Lipinski definition) is 1. The lowest BCUT2D eigenvalue weighted by Gasteiger charge is -2.17. The molecule has 1 aromatic carbocycles. The van der Waals surface area contributed by atoms with Gasteiger partial charge in [-0.2, -0.15) is 0 Å². The van der Waals surface area contributed by atoms with E-state index in [0.717, 1.165) is 20.5 Å². The van der Waals surface area contributed by atoms with Crippen molar-refractivity contribution in [2.24, 2.45) is 0 Å². The van der Waals surface area contributed by atoms with E-state index >= 15 is 0 Å². The first-order valence-electron chi connectivity index (χ1n) is 9.92. The van der Waals surface area contributed by atoms with Gasteiger partial charge in [0.1, 0.15) is 5.01 Å². The highest BCUT2D eigenvalue weighted by molar-refractivity contribution is 7.21. The number of hydrogen-bond acceptors (Lipinski definition) is 7. The highest BCUT2D eigenvalue weighted by Crippen LogP contribution is 2.39. The van der Waals surface area contributed by atoms with Crippen LogP contribution < -0.4 is 19.5 Å². The molecule has 6 nitrogen and oxygen atoms in total. The van der Waals surface area contributed by atoms with Crippen LogP contribution in [0, 0.1) is 6.92 Å². The second-order valence-electron chi connectivity index (χ2n) is 6.29. The quantitative estimate of drug-likeness (QED) is 0.457. The van der Waals surface area contributed by atoms with Gasteiger partial charge < -0.3 is 19.5 Å².